The van der Waals surface area contributed by atoms with Crippen molar-refractivity contribution in [3.63, 3.8) is 0 Å². The molecule has 0 aromatic carbocycles. The molecule has 0 bridgehead atoms. The summed E-state index contributed by atoms with van der Waals surface area (Å²) >= 11 is 0. The van der Waals surface area contributed by atoms with Gasteiger partial charge in [0.25, 0.3) is 0 Å². The Balaban J connectivity index is 2.16. The summed E-state index contributed by atoms with van der Waals surface area (Å²) in [6, 6.07) is -0.456. The summed E-state index contributed by atoms with van der Waals surface area (Å²) < 4.78 is 12.4. The third-order valence-electron chi connectivity index (χ3n) is 11.2. The van der Waals surface area contributed by atoms with Crippen molar-refractivity contribution in [3.05, 3.63) is 24.3 Å². The molecule has 1 saturated heterocycles. The van der Waals surface area contributed by atoms with Crippen LogP contribution in [0.1, 0.15) is 206 Å². The normalized spacial score (nSPS) is 16.9. The minimum Gasteiger partial charge on any atom is -0.381 e. The van der Waals surface area contributed by atoms with Gasteiger partial charge in [-0.2, -0.15) is 0 Å². The fraction of sp³-hybridized carbons (Fsp3) is 0.894. The molecule has 0 aromatic heterocycles. The van der Waals surface area contributed by atoms with Crippen LogP contribution in [0.2, 0.25) is 0 Å². The Kier molecular flexibility index (Phi) is 36.7. The van der Waals surface area contributed by atoms with Gasteiger partial charge in [0.2, 0.25) is 5.91 Å². The zero-order valence-corrected chi connectivity index (χ0v) is 35.5. The van der Waals surface area contributed by atoms with Crippen LogP contribution in [0.15, 0.2) is 24.3 Å². The van der Waals surface area contributed by atoms with Crippen molar-refractivity contribution in [2.45, 2.75) is 213 Å². The molecule has 0 aromatic rings. The second-order valence-corrected chi connectivity index (χ2v) is 16.3. The van der Waals surface area contributed by atoms with Gasteiger partial charge in [-0.1, -0.05) is 154 Å². The molecular weight excluding hydrogens is 655 g/mol. The van der Waals surface area contributed by atoms with Crippen molar-refractivity contribution in [2.24, 2.45) is 23.3 Å². The van der Waals surface area contributed by atoms with Crippen molar-refractivity contribution in [1.82, 2.24) is 4.90 Å². The molecule has 6 nitrogen and oxygen atoms in total. The van der Waals surface area contributed by atoms with Crippen LogP contribution in [0.3, 0.4) is 0 Å². The quantitative estimate of drug-likeness (QED) is 0.0481. The Hall–Kier alpha value is -1.21. The second-order valence-electron chi connectivity index (χ2n) is 16.3. The Morgan fingerprint density at radius 2 is 0.887 bits per heavy atom. The lowest BCUT2D eigenvalue weighted by Crippen LogP contribution is -2.43. The molecule has 312 valence electrons. The van der Waals surface area contributed by atoms with E-state index in [9.17, 15) is 4.79 Å². The molecule has 4 N–H and O–H groups in total. The predicted octanol–water partition coefficient (Wildman–Crippen LogP) is 12.2. The zero-order valence-electron chi connectivity index (χ0n) is 35.5. The average molecular weight is 746 g/mol. The summed E-state index contributed by atoms with van der Waals surface area (Å²) in [6.07, 6.45) is 47.9. The first-order chi connectivity index (χ1) is 26.1. The molecule has 0 aliphatic carbocycles. The highest BCUT2D eigenvalue weighted by atomic mass is 16.5. The maximum absolute atomic E-state index is 13.1. The molecular formula is C47H91N3O3. The molecule has 1 rings (SSSR count). The van der Waals surface area contributed by atoms with Gasteiger partial charge in [-0.05, 0) is 83.6 Å². The highest BCUT2D eigenvalue weighted by Crippen LogP contribution is 2.26. The first-order valence-corrected chi connectivity index (χ1v) is 23.3. The number of rotatable bonds is 40. The number of carbonyl (C=O) groups excluding carboxylic acids is 1. The minimum atomic E-state index is -0.456. The smallest absolute Gasteiger partial charge is 0.239 e. The van der Waals surface area contributed by atoms with Crippen molar-refractivity contribution in [2.75, 3.05) is 46.1 Å². The molecule has 6 heteroatoms. The van der Waals surface area contributed by atoms with E-state index in [1.54, 1.807) is 0 Å². The average Bonchev–Trinajstić information content (AvgIpc) is 3.58. The molecule has 0 saturated carbocycles. The lowest BCUT2D eigenvalue weighted by molar-refractivity contribution is -0.132. The third-order valence-corrected chi connectivity index (χ3v) is 11.2. The third kappa shape index (κ3) is 30.7. The van der Waals surface area contributed by atoms with Crippen molar-refractivity contribution < 1.29 is 14.3 Å². The highest BCUT2D eigenvalue weighted by molar-refractivity contribution is 5.81. The monoisotopic (exact) mass is 746 g/mol. The number of carbonyl (C=O) groups is 1. The molecule has 1 heterocycles. The Bertz CT molecular complexity index is 780. The molecule has 1 fully saturated rings. The largest absolute Gasteiger partial charge is 0.381 e. The Labute approximate surface area is 330 Å². The standard InChI is InChI=1S/C47H91N3O3/c1-3-5-7-9-11-13-15-17-19-21-23-25-27-29-31-33-38-52-42-44-40-50(47(51)46(49)36-35-37-48)41-45(44)43-53-39-34-32-30-28-26-24-22-20-18-16-14-12-10-8-6-4-2/h17-20,44-46H,3-16,21-43,48-49H2,1-2H3/b19-17-,20-18-/t44-,45-,46-/m0/s1. The number of ether oxygens (including phenoxy) is 2. The lowest BCUT2D eigenvalue weighted by Gasteiger charge is -2.21. The van der Waals surface area contributed by atoms with Gasteiger partial charge in [0.15, 0.2) is 0 Å². The summed E-state index contributed by atoms with van der Waals surface area (Å²) in [5.41, 5.74) is 11.9. The molecule has 3 atom stereocenters. The molecule has 1 aliphatic heterocycles. The van der Waals surface area contributed by atoms with Crippen LogP contribution in [0, 0.1) is 11.8 Å². The summed E-state index contributed by atoms with van der Waals surface area (Å²) in [4.78, 5) is 15.1. The fourth-order valence-electron chi connectivity index (χ4n) is 7.56. The van der Waals surface area contributed by atoms with E-state index in [1.165, 1.54) is 167 Å². The van der Waals surface area contributed by atoms with Crippen LogP contribution >= 0.6 is 0 Å². The van der Waals surface area contributed by atoms with Gasteiger partial charge in [-0.15, -0.1) is 0 Å². The van der Waals surface area contributed by atoms with Crippen LogP contribution in [-0.2, 0) is 14.3 Å². The van der Waals surface area contributed by atoms with Gasteiger partial charge in [-0.3, -0.25) is 4.79 Å². The molecule has 0 unspecified atom stereocenters. The van der Waals surface area contributed by atoms with Crippen LogP contribution < -0.4 is 11.5 Å². The zero-order chi connectivity index (χ0) is 38.3. The van der Waals surface area contributed by atoms with Crippen LogP contribution in [0.25, 0.3) is 0 Å². The number of likely N-dealkylation sites (tertiary alicyclic amines) is 1. The van der Waals surface area contributed by atoms with Crippen LogP contribution in [0.5, 0.6) is 0 Å². The van der Waals surface area contributed by atoms with E-state index >= 15 is 0 Å². The molecule has 53 heavy (non-hydrogen) atoms. The van der Waals surface area contributed by atoms with Gasteiger partial charge in [0, 0.05) is 38.1 Å². The van der Waals surface area contributed by atoms with Crippen LogP contribution in [0.4, 0.5) is 0 Å². The van der Waals surface area contributed by atoms with Crippen molar-refractivity contribution in [3.8, 4) is 0 Å². The Morgan fingerprint density at radius 1 is 0.547 bits per heavy atom. The first kappa shape index (κ1) is 49.8. The van der Waals surface area contributed by atoms with Gasteiger partial charge < -0.3 is 25.8 Å². The molecule has 1 amide bonds. The summed E-state index contributed by atoms with van der Waals surface area (Å²) in [5.74, 6) is 0.691. The summed E-state index contributed by atoms with van der Waals surface area (Å²) in [6.45, 7) is 9.62. The number of nitrogens with zero attached hydrogens (tertiary/aromatic N) is 1. The van der Waals surface area contributed by atoms with E-state index < -0.39 is 6.04 Å². The number of hydrogen-bond acceptors (Lipinski definition) is 5. The van der Waals surface area contributed by atoms with Gasteiger partial charge in [0.1, 0.15) is 0 Å². The van der Waals surface area contributed by atoms with E-state index in [0.717, 1.165) is 45.6 Å². The maximum atomic E-state index is 13.1. The van der Waals surface area contributed by atoms with Crippen LogP contribution in [-0.4, -0.2) is 62.9 Å². The summed E-state index contributed by atoms with van der Waals surface area (Å²) in [5, 5.41) is 0. The van der Waals surface area contributed by atoms with E-state index in [2.05, 4.69) is 38.2 Å². The topological polar surface area (TPSA) is 90.8 Å². The van der Waals surface area contributed by atoms with Crippen molar-refractivity contribution in [1.29, 1.82) is 0 Å². The minimum absolute atomic E-state index is 0.0625. The van der Waals surface area contributed by atoms with Gasteiger partial charge in [0.05, 0.1) is 19.3 Å². The van der Waals surface area contributed by atoms with Gasteiger partial charge >= 0.3 is 0 Å². The molecule has 1 aliphatic rings. The highest BCUT2D eigenvalue weighted by Gasteiger charge is 2.36. The number of nitrogens with two attached hydrogens (primary N) is 2. The van der Waals surface area contributed by atoms with E-state index in [1.807, 2.05) is 4.90 Å². The first-order valence-electron chi connectivity index (χ1n) is 23.3. The Morgan fingerprint density at radius 3 is 1.25 bits per heavy atom. The number of hydrogen-bond donors (Lipinski definition) is 2. The predicted molar refractivity (Wildman–Crippen MR) is 230 cm³/mol. The van der Waals surface area contributed by atoms with E-state index in [4.69, 9.17) is 20.9 Å². The van der Waals surface area contributed by atoms with E-state index in [-0.39, 0.29) is 5.91 Å². The molecule has 0 spiro atoms. The number of allylic oxidation sites excluding steroid dienone is 4. The molecule has 0 radical (unpaired) electrons. The second kappa shape index (κ2) is 39.0. The number of amides is 1. The van der Waals surface area contributed by atoms with Gasteiger partial charge in [-0.25, -0.2) is 0 Å². The van der Waals surface area contributed by atoms with E-state index in [0.29, 0.717) is 38.0 Å². The lowest BCUT2D eigenvalue weighted by atomic mass is 9.98. The SMILES string of the molecule is CCCCCCCC/C=C\CCCCCCCCOC[C@@H]1CN(C(=O)[C@@H](N)CCCN)C[C@H]1COCCCCCCCC/C=C\CCCCCCCC. The maximum Gasteiger partial charge on any atom is 0.239 e. The summed E-state index contributed by atoms with van der Waals surface area (Å²) in [7, 11) is 0. The van der Waals surface area contributed by atoms with Crippen molar-refractivity contribution >= 4 is 5.91 Å². The number of unbranched alkanes of at least 4 members (excludes halogenated alkanes) is 24. The fourth-order valence-corrected chi connectivity index (χ4v) is 7.56.